The van der Waals surface area contributed by atoms with Gasteiger partial charge < -0.3 is 14.6 Å². The molecule has 4 heteroatoms. The number of nitrogens with zero attached hydrogens (tertiary/aromatic N) is 1. The van der Waals surface area contributed by atoms with Gasteiger partial charge in [-0.3, -0.25) is 0 Å². The summed E-state index contributed by atoms with van der Waals surface area (Å²) in [6.07, 6.45) is 4.59. The summed E-state index contributed by atoms with van der Waals surface area (Å²) in [5.41, 5.74) is 0. The maximum absolute atomic E-state index is 10.9. The van der Waals surface area contributed by atoms with Gasteiger partial charge in [0, 0.05) is 25.5 Å². The largest absolute Gasteiger partial charge is 0.450 e. The van der Waals surface area contributed by atoms with Crippen LogP contribution in [0.4, 0.5) is 4.79 Å². The lowest BCUT2D eigenvalue weighted by molar-refractivity contribution is 0.152. The molecule has 1 aromatic rings. The van der Waals surface area contributed by atoms with Crippen LogP contribution in [-0.2, 0) is 11.3 Å². The molecule has 1 aromatic heterocycles. The van der Waals surface area contributed by atoms with Crippen LogP contribution in [0.1, 0.15) is 13.3 Å². The van der Waals surface area contributed by atoms with Crippen molar-refractivity contribution in [3.63, 3.8) is 0 Å². The van der Waals surface area contributed by atoms with Gasteiger partial charge in [-0.05, 0) is 25.5 Å². The smallest absolute Gasteiger partial charge is 0.407 e. The first-order valence-electron chi connectivity index (χ1n) is 4.84. The monoisotopic (exact) mass is 196 g/mol. The predicted octanol–water partition coefficient (Wildman–Crippen LogP) is 1.62. The third-order valence-electron chi connectivity index (χ3n) is 1.80. The molecule has 0 aliphatic heterocycles. The summed E-state index contributed by atoms with van der Waals surface area (Å²) in [7, 11) is 0. The number of carbonyl (C=O) groups excluding carboxylic acids is 1. The Bertz CT molecular complexity index is 257. The lowest BCUT2D eigenvalue weighted by atomic mass is 10.4. The second-order valence-corrected chi connectivity index (χ2v) is 2.92. The first-order chi connectivity index (χ1) is 6.83. The van der Waals surface area contributed by atoms with Gasteiger partial charge in [0.05, 0.1) is 6.61 Å². The van der Waals surface area contributed by atoms with Crippen LogP contribution in [0.15, 0.2) is 24.5 Å². The van der Waals surface area contributed by atoms with Crippen LogP contribution in [0, 0.1) is 0 Å². The molecule has 0 saturated carbocycles. The van der Waals surface area contributed by atoms with Crippen molar-refractivity contribution in [1.29, 1.82) is 0 Å². The van der Waals surface area contributed by atoms with E-state index in [0.717, 1.165) is 13.0 Å². The molecule has 1 heterocycles. The third kappa shape index (κ3) is 3.98. The van der Waals surface area contributed by atoms with E-state index in [9.17, 15) is 4.79 Å². The van der Waals surface area contributed by atoms with Gasteiger partial charge in [-0.2, -0.15) is 0 Å². The summed E-state index contributed by atoms with van der Waals surface area (Å²) < 4.78 is 6.80. The van der Waals surface area contributed by atoms with E-state index in [2.05, 4.69) is 9.88 Å². The maximum atomic E-state index is 10.9. The molecule has 0 bridgehead atoms. The van der Waals surface area contributed by atoms with Crippen molar-refractivity contribution in [3.05, 3.63) is 24.5 Å². The zero-order valence-corrected chi connectivity index (χ0v) is 8.40. The van der Waals surface area contributed by atoms with Crippen LogP contribution in [0.2, 0.25) is 0 Å². The maximum Gasteiger partial charge on any atom is 0.407 e. The third-order valence-corrected chi connectivity index (χ3v) is 1.80. The van der Waals surface area contributed by atoms with Gasteiger partial charge in [0.15, 0.2) is 0 Å². The van der Waals surface area contributed by atoms with Gasteiger partial charge >= 0.3 is 6.09 Å². The van der Waals surface area contributed by atoms with Gasteiger partial charge in [-0.1, -0.05) is 0 Å². The van der Waals surface area contributed by atoms with Gasteiger partial charge in [0.1, 0.15) is 0 Å². The van der Waals surface area contributed by atoms with E-state index >= 15 is 0 Å². The molecule has 0 spiro atoms. The van der Waals surface area contributed by atoms with E-state index in [0.29, 0.717) is 13.2 Å². The van der Waals surface area contributed by atoms with Gasteiger partial charge in [0.2, 0.25) is 0 Å². The molecule has 0 unspecified atom stereocenters. The fraction of sp³-hybridized carbons (Fsp3) is 0.500. The summed E-state index contributed by atoms with van der Waals surface area (Å²) in [6.45, 7) is 3.78. The number of carbonyl (C=O) groups is 1. The summed E-state index contributed by atoms with van der Waals surface area (Å²) in [5.74, 6) is 0. The molecular formula is C10H16N2O2. The molecule has 1 amide bonds. The molecule has 0 radical (unpaired) electrons. The van der Waals surface area contributed by atoms with Crippen LogP contribution in [-0.4, -0.2) is 23.8 Å². The molecule has 0 saturated heterocycles. The second-order valence-electron chi connectivity index (χ2n) is 2.92. The minimum absolute atomic E-state index is 0.333. The molecule has 0 aliphatic carbocycles. The molecule has 0 fully saturated rings. The quantitative estimate of drug-likeness (QED) is 0.727. The first-order valence-corrected chi connectivity index (χ1v) is 4.84. The van der Waals surface area contributed by atoms with Crippen molar-refractivity contribution >= 4 is 6.09 Å². The fourth-order valence-corrected chi connectivity index (χ4v) is 1.15. The van der Waals surface area contributed by atoms with Crippen molar-refractivity contribution in [3.8, 4) is 0 Å². The number of aromatic nitrogens is 1. The minimum Gasteiger partial charge on any atom is -0.450 e. The average Bonchev–Trinajstić information content (AvgIpc) is 2.65. The lowest BCUT2D eigenvalue weighted by Crippen LogP contribution is -2.25. The van der Waals surface area contributed by atoms with Crippen LogP contribution < -0.4 is 5.32 Å². The Morgan fingerprint density at radius 3 is 2.79 bits per heavy atom. The van der Waals surface area contributed by atoms with E-state index in [1.54, 1.807) is 6.92 Å². The molecule has 1 N–H and O–H groups in total. The zero-order chi connectivity index (χ0) is 10.2. The standard InChI is InChI=1S/C10H16N2O2/c1-2-14-10(13)11-6-5-9-12-7-3-4-8-12/h3-4,7-8H,2,5-6,9H2,1H3,(H,11,13). The van der Waals surface area contributed by atoms with Crippen LogP contribution >= 0.6 is 0 Å². The summed E-state index contributed by atoms with van der Waals surface area (Å²) in [6, 6.07) is 3.97. The molecule has 4 nitrogen and oxygen atoms in total. The first kappa shape index (κ1) is 10.6. The number of rotatable bonds is 5. The number of nitrogens with one attached hydrogen (secondary N) is 1. The number of ether oxygens (including phenoxy) is 1. The number of hydrogen-bond acceptors (Lipinski definition) is 2. The van der Waals surface area contributed by atoms with E-state index in [1.165, 1.54) is 0 Å². The minimum atomic E-state index is -0.333. The van der Waals surface area contributed by atoms with Crippen molar-refractivity contribution in [2.75, 3.05) is 13.2 Å². The Kier molecular flexibility index (Phi) is 4.61. The fourth-order valence-electron chi connectivity index (χ4n) is 1.15. The van der Waals surface area contributed by atoms with E-state index in [1.807, 2.05) is 24.5 Å². The van der Waals surface area contributed by atoms with Crippen LogP contribution in [0.5, 0.6) is 0 Å². The van der Waals surface area contributed by atoms with Crippen molar-refractivity contribution in [2.45, 2.75) is 19.9 Å². The number of aryl methyl sites for hydroxylation is 1. The second kappa shape index (κ2) is 6.07. The Morgan fingerprint density at radius 1 is 1.43 bits per heavy atom. The van der Waals surface area contributed by atoms with Crippen LogP contribution in [0.25, 0.3) is 0 Å². The van der Waals surface area contributed by atoms with Crippen molar-refractivity contribution in [1.82, 2.24) is 9.88 Å². The normalized spacial score (nSPS) is 9.79. The van der Waals surface area contributed by atoms with Gasteiger partial charge in [-0.25, -0.2) is 4.79 Å². The Labute approximate surface area is 83.9 Å². The summed E-state index contributed by atoms with van der Waals surface area (Å²) in [5, 5.41) is 2.67. The Morgan fingerprint density at radius 2 is 2.14 bits per heavy atom. The molecule has 0 aromatic carbocycles. The van der Waals surface area contributed by atoms with Crippen molar-refractivity contribution in [2.24, 2.45) is 0 Å². The summed E-state index contributed by atoms with van der Waals surface area (Å²) in [4.78, 5) is 10.9. The highest BCUT2D eigenvalue weighted by Gasteiger charge is 1.97. The zero-order valence-electron chi connectivity index (χ0n) is 8.40. The topological polar surface area (TPSA) is 43.3 Å². The van der Waals surface area contributed by atoms with E-state index < -0.39 is 0 Å². The van der Waals surface area contributed by atoms with E-state index in [-0.39, 0.29) is 6.09 Å². The highest BCUT2D eigenvalue weighted by molar-refractivity contribution is 5.66. The predicted molar refractivity (Wildman–Crippen MR) is 54.1 cm³/mol. The number of alkyl carbamates (subject to hydrolysis) is 1. The highest BCUT2D eigenvalue weighted by atomic mass is 16.5. The Hall–Kier alpha value is -1.45. The lowest BCUT2D eigenvalue weighted by Gasteiger charge is -2.05. The number of hydrogen-bond donors (Lipinski definition) is 1. The summed E-state index contributed by atoms with van der Waals surface area (Å²) >= 11 is 0. The molecule has 0 atom stereocenters. The van der Waals surface area contributed by atoms with Gasteiger partial charge in [0.25, 0.3) is 0 Å². The highest BCUT2D eigenvalue weighted by Crippen LogP contribution is 1.92. The Balaban J connectivity index is 2.02. The average molecular weight is 196 g/mol. The number of amides is 1. The van der Waals surface area contributed by atoms with Crippen molar-refractivity contribution < 1.29 is 9.53 Å². The SMILES string of the molecule is CCOC(=O)NCCCn1cccc1. The molecular weight excluding hydrogens is 180 g/mol. The molecule has 14 heavy (non-hydrogen) atoms. The molecule has 78 valence electrons. The van der Waals surface area contributed by atoms with Gasteiger partial charge in [-0.15, -0.1) is 0 Å². The van der Waals surface area contributed by atoms with E-state index in [4.69, 9.17) is 4.74 Å². The van der Waals surface area contributed by atoms with Crippen LogP contribution in [0.3, 0.4) is 0 Å². The molecule has 0 aliphatic rings. The molecule has 1 rings (SSSR count).